The maximum atomic E-state index is 12.8. The summed E-state index contributed by atoms with van der Waals surface area (Å²) < 4.78 is 16.9. The average molecular weight is 906 g/mol. The molecule has 0 bridgehead atoms. The molecule has 6 nitrogen and oxygen atoms in total. The van der Waals surface area contributed by atoms with Crippen LogP contribution in [0.15, 0.2) is 0 Å². The summed E-state index contributed by atoms with van der Waals surface area (Å²) in [5.41, 5.74) is 0. The monoisotopic (exact) mass is 905 g/mol. The molecule has 0 aromatic carbocycles. The summed E-state index contributed by atoms with van der Waals surface area (Å²) in [6.07, 6.45) is 51.0. The molecule has 380 valence electrons. The molecule has 0 aliphatic heterocycles. The number of rotatable bonds is 51. The Hall–Kier alpha value is -1.59. The first-order valence-corrected chi connectivity index (χ1v) is 28.6. The second-order valence-corrected chi connectivity index (χ2v) is 21.4. The van der Waals surface area contributed by atoms with Crippen LogP contribution in [0.2, 0.25) is 0 Å². The van der Waals surface area contributed by atoms with Crippen LogP contribution in [-0.4, -0.2) is 37.2 Å². The smallest absolute Gasteiger partial charge is 0.306 e. The molecule has 0 radical (unpaired) electrons. The standard InChI is InChI=1S/C58H112O6/c1-52(2)44-38-32-26-20-16-12-9-7-8-10-14-19-23-31-37-43-49-58(61)64-55(51-63-57(60)48-42-36-30-25-24-28-34-40-46-54(5)6)50-62-56(59)47-41-35-29-22-18-15-11-13-17-21-27-33-39-45-53(3)4/h52-55H,7-51H2,1-6H3/t55-/m0/s1. The molecule has 0 rings (SSSR count). The van der Waals surface area contributed by atoms with Gasteiger partial charge in [-0.15, -0.1) is 0 Å². The van der Waals surface area contributed by atoms with Crippen LogP contribution >= 0.6 is 0 Å². The summed E-state index contributed by atoms with van der Waals surface area (Å²) in [5.74, 6) is 1.64. The normalized spacial score (nSPS) is 12.1. The molecular formula is C58H112O6. The van der Waals surface area contributed by atoms with Crippen LogP contribution in [0.5, 0.6) is 0 Å². The molecule has 0 aliphatic carbocycles. The second kappa shape index (κ2) is 49.3. The van der Waals surface area contributed by atoms with E-state index in [0.29, 0.717) is 19.3 Å². The maximum absolute atomic E-state index is 12.8. The lowest BCUT2D eigenvalue weighted by Gasteiger charge is -2.18. The fourth-order valence-corrected chi connectivity index (χ4v) is 8.82. The van der Waals surface area contributed by atoms with E-state index in [1.54, 1.807) is 0 Å². The zero-order valence-corrected chi connectivity index (χ0v) is 44.1. The Labute approximate surface area is 399 Å². The fourth-order valence-electron chi connectivity index (χ4n) is 8.82. The fraction of sp³-hybridized carbons (Fsp3) is 0.948. The number of unbranched alkanes of at least 4 members (excludes halogenated alkanes) is 34. The highest BCUT2D eigenvalue weighted by Crippen LogP contribution is 2.18. The largest absolute Gasteiger partial charge is 0.462 e. The molecular weight excluding hydrogens is 793 g/mol. The molecule has 64 heavy (non-hydrogen) atoms. The number of esters is 3. The third kappa shape index (κ3) is 51.4. The van der Waals surface area contributed by atoms with Crippen molar-refractivity contribution in [2.45, 2.75) is 324 Å². The number of carbonyl (C=O) groups is 3. The Balaban J connectivity index is 4.27. The molecule has 0 aromatic rings. The summed E-state index contributed by atoms with van der Waals surface area (Å²) in [7, 11) is 0. The van der Waals surface area contributed by atoms with E-state index in [9.17, 15) is 14.4 Å². The number of ether oxygens (including phenoxy) is 3. The van der Waals surface area contributed by atoms with Gasteiger partial charge in [0.05, 0.1) is 0 Å². The second-order valence-electron chi connectivity index (χ2n) is 21.4. The van der Waals surface area contributed by atoms with E-state index in [-0.39, 0.29) is 31.1 Å². The first-order chi connectivity index (χ1) is 31.1. The quantitative estimate of drug-likeness (QED) is 0.0344. The van der Waals surface area contributed by atoms with E-state index >= 15 is 0 Å². The average Bonchev–Trinajstić information content (AvgIpc) is 3.25. The molecule has 0 fully saturated rings. The SMILES string of the molecule is CC(C)CCCCCCCCCCCCCCCCCCC(=O)O[C@@H](COC(=O)CCCCCCCCCCCCCCCC(C)C)COC(=O)CCCCCCCCCCC(C)C. The van der Waals surface area contributed by atoms with Crippen LogP contribution in [0.25, 0.3) is 0 Å². The van der Waals surface area contributed by atoms with Gasteiger partial charge in [0.15, 0.2) is 6.10 Å². The first kappa shape index (κ1) is 62.4. The molecule has 0 saturated carbocycles. The number of hydrogen-bond acceptors (Lipinski definition) is 6. The van der Waals surface area contributed by atoms with E-state index in [2.05, 4.69) is 41.5 Å². The van der Waals surface area contributed by atoms with Gasteiger partial charge in [0.25, 0.3) is 0 Å². The lowest BCUT2D eigenvalue weighted by molar-refractivity contribution is -0.167. The number of hydrogen-bond donors (Lipinski definition) is 0. The van der Waals surface area contributed by atoms with Crippen LogP contribution in [0, 0.1) is 17.8 Å². The third-order valence-corrected chi connectivity index (χ3v) is 13.1. The molecule has 0 unspecified atom stereocenters. The summed E-state index contributed by atoms with van der Waals surface area (Å²) in [6, 6.07) is 0. The van der Waals surface area contributed by atoms with Crippen LogP contribution in [0.1, 0.15) is 318 Å². The van der Waals surface area contributed by atoms with Gasteiger partial charge >= 0.3 is 17.9 Å². The summed E-state index contributed by atoms with van der Waals surface area (Å²) in [5, 5.41) is 0. The summed E-state index contributed by atoms with van der Waals surface area (Å²) >= 11 is 0. The van der Waals surface area contributed by atoms with Gasteiger partial charge in [-0.05, 0) is 37.0 Å². The van der Waals surface area contributed by atoms with E-state index in [4.69, 9.17) is 14.2 Å². The van der Waals surface area contributed by atoms with Gasteiger partial charge in [0, 0.05) is 19.3 Å². The van der Waals surface area contributed by atoms with Gasteiger partial charge in [-0.1, -0.05) is 279 Å². The first-order valence-electron chi connectivity index (χ1n) is 28.6. The Morgan fingerprint density at radius 2 is 0.453 bits per heavy atom. The lowest BCUT2D eigenvalue weighted by Crippen LogP contribution is -2.30. The highest BCUT2D eigenvalue weighted by Gasteiger charge is 2.19. The van der Waals surface area contributed by atoms with Crippen molar-refractivity contribution >= 4 is 17.9 Å². The minimum Gasteiger partial charge on any atom is -0.462 e. The van der Waals surface area contributed by atoms with E-state index in [0.717, 1.165) is 75.5 Å². The Bertz CT molecular complexity index is 991. The van der Waals surface area contributed by atoms with Crippen molar-refractivity contribution in [3.8, 4) is 0 Å². The highest BCUT2D eigenvalue weighted by atomic mass is 16.6. The van der Waals surface area contributed by atoms with Gasteiger partial charge < -0.3 is 14.2 Å². The Kier molecular flexibility index (Phi) is 48.1. The van der Waals surface area contributed by atoms with Gasteiger partial charge in [-0.3, -0.25) is 14.4 Å². The zero-order chi connectivity index (χ0) is 47.0. The van der Waals surface area contributed by atoms with Crippen molar-refractivity contribution < 1.29 is 28.6 Å². The minimum atomic E-state index is -0.763. The lowest BCUT2D eigenvalue weighted by atomic mass is 10.0. The van der Waals surface area contributed by atoms with E-state index in [1.165, 1.54) is 199 Å². The maximum Gasteiger partial charge on any atom is 0.306 e. The molecule has 0 aromatic heterocycles. The summed E-state index contributed by atoms with van der Waals surface area (Å²) in [6.45, 7) is 13.7. The predicted molar refractivity (Wildman–Crippen MR) is 275 cm³/mol. The molecule has 6 heteroatoms. The van der Waals surface area contributed by atoms with Crippen molar-refractivity contribution in [3.05, 3.63) is 0 Å². The molecule has 0 amide bonds. The Morgan fingerprint density at radius 3 is 0.672 bits per heavy atom. The van der Waals surface area contributed by atoms with Crippen LogP contribution < -0.4 is 0 Å². The van der Waals surface area contributed by atoms with Crippen molar-refractivity contribution in [1.29, 1.82) is 0 Å². The molecule has 0 heterocycles. The van der Waals surface area contributed by atoms with Gasteiger partial charge in [0.2, 0.25) is 0 Å². The minimum absolute atomic E-state index is 0.0640. The van der Waals surface area contributed by atoms with Crippen molar-refractivity contribution in [2.75, 3.05) is 13.2 Å². The molecule has 1 atom stereocenters. The predicted octanol–water partition coefficient (Wildman–Crippen LogP) is 18.7. The number of carbonyl (C=O) groups excluding carboxylic acids is 3. The van der Waals surface area contributed by atoms with Crippen molar-refractivity contribution in [3.63, 3.8) is 0 Å². The van der Waals surface area contributed by atoms with E-state index < -0.39 is 6.10 Å². The van der Waals surface area contributed by atoms with Crippen LogP contribution in [-0.2, 0) is 28.6 Å². The van der Waals surface area contributed by atoms with Gasteiger partial charge in [-0.25, -0.2) is 0 Å². The zero-order valence-electron chi connectivity index (χ0n) is 44.1. The third-order valence-electron chi connectivity index (χ3n) is 13.1. The highest BCUT2D eigenvalue weighted by molar-refractivity contribution is 5.71. The summed E-state index contributed by atoms with van der Waals surface area (Å²) in [4.78, 5) is 38.1. The van der Waals surface area contributed by atoms with E-state index in [1.807, 2.05) is 0 Å². The molecule has 0 N–H and O–H groups in total. The van der Waals surface area contributed by atoms with Gasteiger partial charge in [0.1, 0.15) is 13.2 Å². The van der Waals surface area contributed by atoms with Crippen LogP contribution in [0.3, 0.4) is 0 Å². The van der Waals surface area contributed by atoms with Crippen LogP contribution in [0.4, 0.5) is 0 Å². The van der Waals surface area contributed by atoms with Crippen molar-refractivity contribution in [2.24, 2.45) is 17.8 Å². The molecule has 0 aliphatic rings. The Morgan fingerprint density at radius 1 is 0.266 bits per heavy atom. The van der Waals surface area contributed by atoms with Crippen molar-refractivity contribution in [1.82, 2.24) is 0 Å². The van der Waals surface area contributed by atoms with Gasteiger partial charge in [-0.2, -0.15) is 0 Å². The molecule has 0 saturated heterocycles. The topological polar surface area (TPSA) is 78.9 Å². The molecule has 0 spiro atoms.